The van der Waals surface area contributed by atoms with Crippen molar-refractivity contribution >= 4 is 8.03 Å². The number of hydrogen-bond acceptors (Lipinski definition) is 3. The van der Waals surface area contributed by atoms with Crippen LogP contribution in [0.15, 0.2) is 0 Å². The highest BCUT2D eigenvalue weighted by Gasteiger charge is 2.04. The van der Waals surface area contributed by atoms with Crippen LogP contribution in [-0.2, 0) is 4.57 Å². The van der Waals surface area contributed by atoms with Gasteiger partial charge >= 0.3 is 0 Å². The Morgan fingerprint density at radius 1 is 1.67 bits per heavy atom. The summed E-state index contributed by atoms with van der Waals surface area (Å²) >= 11 is 0. The molecule has 4 nitrogen and oxygen atoms in total. The lowest BCUT2D eigenvalue weighted by atomic mass is 10.3. The molecular weight excluding hydrogens is 141 g/mol. The predicted molar refractivity (Wildman–Crippen MR) is 35.8 cm³/mol. The van der Waals surface area contributed by atoms with E-state index in [1.165, 1.54) is 0 Å². The van der Waals surface area contributed by atoms with E-state index in [4.69, 9.17) is 15.7 Å². The molecule has 0 rings (SSSR count). The highest BCUT2D eigenvalue weighted by molar-refractivity contribution is 7.38. The van der Waals surface area contributed by atoms with Crippen molar-refractivity contribution in [3.8, 4) is 0 Å². The van der Waals surface area contributed by atoms with Gasteiger partial charge in [0.15, 0.2) is 8.03 Å². The Labute approximate surface area is 54.6 Å². The highest BCUT2D eigenvalue weighted by Crippen LogP contribution is 2.14. The van der Waals surface area contributed by atoms with Gasteiger partial charge in [-0.1, -0.05) is 0 Å². The van der Waals surface area contributed by atoms with E-state index in [0.717, 1.165) is 0 Å². The lowest BCUT2D eigenvalue weighted by molar-refractivity contribution is 0.188. The third-order valence-corrected chi connectivity index (χ3v) is 1.73. The Balaban J connectivity index is 3.26. The monoisotopic (exact) mass is 153 g/mol. The summed E-state index contributed by atoms with van der Waals surface area (Å²) < 4.78 is 10.1. The first-order valence-corrected chi connectivity index (χ1v) is 4.33. The molecule has 0 aliphatic rings. The number of rotatable bonds is 4. The van der Waals surface area contributed by atoms with Crippen LogP contribution in [0.1, 0.15) is 6.42 Å². The molecule has 56 valence electrons. The zero-order valence-electron chi connectivity index (χ0n) is 5.08. The van der Waals surface area contributed by atoms with Gasteiger partial charge in [-0.25, -0.2) is 0 Å². The Kier molecular flexibility index (Phi) is 5.00. The molecule has 0 aromatic carbocycles. The molecule has 0 amide bonds. The van der Waals surface area contributed by atoms with E-state index < -0.39 is 14.1 Å². The molecule has 0 fully saturated rings. The molecule has 0 aromatic heterocycles. The average molecular weight is 153 g/mol. The normalized spacial score (nSPS) is 17.2. The number of aliphatic hydroxyl groups excluding tert-OH is 1. The summed E-state index contributed by atoms with van der Waals surface area (Å²) in [5.41, 5.74) is 5.07. The van der Waals surface area contributed by atoms with Crippen LogP contribution in [0.2, 0.25) is 0 Å². The Morgan fingerprint density at radius 3 is 2.56 bits per heavy atom. The van der Waals surface area contributed by atoms with Crippen molar-refractivity contribution < 1.29 is 14.6 Å². The molecule has 2 atom stereocenters. The summed E-state index contributed by atoms with van der Waals surface area (Å²) in [5.74, 6) is 0. The quantitative estimate of drug-likeness (QED) is 0.460. The van der Waals surface area contributed by atoms with E-state index in [1.54, 1.807) is 0 Å². The molecule has 9 heavy (non-hydrogen) atoms. The van der Waals surface area contributed by atoms with Gasteiger partial charge in [0, 0.05) is 6.16 Å². The first-order chi connectivity index (χ1) is 4.16. The summed E-state index contributed by atoms with van der Waals surface area (Å²) in [6.45, 7) is 0.357. The second-order valence-corrected chi connectivity index (χ2v) is 3.02. The summed E-state index contributed by atoms with van der Waals surface area (Å²) in [6.07, 6.45) is -0.329. The van der Waals surface area contributed by atoms with Gasteiger partial charge in [-0.15, -0.1) is 0 Å². The van der Waals surface area contributed by atoms with Crippen LogP contribution >= 0.6 is 8.03 Å². The number of hydrogen-bond donors (Lipinski definition) is 3. The van der Waals surface area contributed by atoms with Crippen molar-refractivity contribution in [2.45, 2.75) is 12.5 Å². The first-order valence-electron chi connectivity index (χ1n) is 2.76. The maximum absolute atomic E-state index is 10.1. The standard InChI is InChI=1S/C4H12NO3P/c5-2-1-4(6)3-9(7)8/h4,6,9H,1-3,5H2,(H,7,8). The van der Waals surface area contributed by atoms with Crippen molar-refractivity contribution in [3.05, 3.63) is 0 Å². The zero-order valence-corrected chi connectivity index (χ0v) is 6.08. The third-order valence-electron chi connectivity index (χ3n) is 0.910. The molecule has 0 saturated heterocycles. The van der Waals surface area contributed by atoms with E-state index in [9.17, 15) is 4.57 Å². The third kappa shape index (κ3) is 5.99. The summed E-state index contributed by atoms with van der Waals surface area (Å²) in [5, 5.41) is 8.81. The SMILES string of the molecule is NCCC(O)C[PH](=O)O. The van der Waals surface area contributed by atoms with Crippen LogP contribution in [0.3, 0.4) is 0 Å². The molecular formula is C4H12NO3P. The van der Waals surface area contributed by atoms with Crippen LogP contribution in [0.25, 0.3) is 0 Å². The minimum absolute atomic E-state index is 0.0259. The molecule has 0 spiro atoms. The fourth-order valence-electron chi connectivity index (χ4n) is 0.496. The first kappa shape index (κ1) is 9.11. The summed E-state index contributed by atoms with van der Waals surface area (Å²) in [7, 11) is -2.51. The van der Waals surface area contributed by atoms with Crippen molar-refractivity contribution in [1.82, 2.24) is 0 Å². The Hall–Kier alpha value is 0.110. The van der Waals surface area contributed by atoms with Gasteiger partial charge in [0.25, 0.3) is 0 Å². The van der Waals surface area contributed by atoms with Crippen LogP contribution in [-0.4, -0.2) is 28.8 Å². The maximum atomic E-state index is 10.1. The maximum Gasteiger partial charge on any atom is 0.191 e. The lowest BCUT2D eigenvalue weighted by Gasteiger charge is -2.04. The Morgan fingerprint density at radius 2 is 2.22 bits per heavy atom. The molecule has 5 heteroatoms. The van der Waals surface area contributed by atoms with Gasteiger partial charge in [0.1, 0.15) is 0 Å². The molecule has 0 saturated carbocycles. The zero-order chi connectivity index (χ0) is 7.28. The van der Waals surface area contributed by atoms with E-state index in [0.29, 0.717) is 13.0 Å². The van der Waals surface area contributed by atoms with Crippen molar-refractivity contribution in [2.24, 2.45) is 5.73 Å². The van der Waals surface area contributed by atoms with E-state index in [-0.39, 0.29) is 6.16 Å². The van der Waals surface area contributed by atoms with E-state index in [1.807, 2.05) is 0 Å². The van der Waals surface area contributed by atoms with E-state index in [2.05, 4.69) is 0 Å². The largest absolute Gasteiger partial charge is 0.393 e. The molecule has 0 radical (unpaired) electrons. The molecule has 2 unspecified atom stereocenters. The fourth-order valence-corrected chi connectivity index (χ4v) is 1.10. The minimum Gasteiger partial charge on any atom is -0.393 e. The summed E-state index contributed by atoms with van der Waals surface area (Å²) in [4.78, 5) is 8.29. The van der Waals surface area contributed by atoms with Crippen LogP contribution < -0.4 is 5.73 Å². The van der Waals surface area contributed by atoms with Gasteiger partial charge < -0.3 is 15.7 Å². The highest BCUT2D eigenvalue weighted by atomic mass is 31.1. The van der Waals surface area contributed by atoms with Crippen LogP contribution in [0.5, 0.6) is 0 Å². The van der Waals surface area contributed by atoms with Gasteiger partial charge in [0.05, 0.1) is 6.10 Å². The fraction of sp³-hybridized carbons (Fsp3) is 1.00. The Bertz CT molecular complexity index is 97.8. The van der Waals surface area contributed by atoms with Gasteiger partial charge in [-0.3, -0.25) is 4.57 Å². The molecule has 0 aliphatic carbocycles. The van der Waals surface area contributed by atoms with Gasteiger partial charge in [-0.2, -0.15) is 0 Å². The number of nitrogens with two attached hydrogens (primary N) is 1. The van der Waals surface area contributed by atoms with Crippen molar-refractivity contribution in [1.29, 1.82) is 0 Å². The molecule has 0 aliphatic heterocycles. The van der Waals surface area contributed by atoms with E-state index >= 15 is 0 Å². The summed E-state index contributed by atoms with van der Waals surface area (Å²) in [6, 6.07) is 0. The smallest absolute Gasteiger partial charge is 0.191 e. The van der Waals surface area contributed by atoms with Gasteiger partial charge in [0.2, 0.25) is 0 Å². The predicted octanol–water partition coefficient (Wildman–Crippen LogP) is -0.837. The second kappa shape index (κ2) is 4.94. The second-order valence-electron chi connectivity index (χ2n) is 1.83. The average Bonchev–Trinajstić information content (AvgIpc) is 1.63. The molecule has 4 N–H and O–H groups in total. The molecule has 0 aromatic rings. The lowest BCUT2D eigenvalue weighted by Crippen LogP contribution is -2.15. The van der Waals surface area contributed by atoms with Crippen molar-refractivity contribution in [2.75, 3.05) is 12.7 Å². The van der Waals surface area contributed by atoms with Gasteiger partial charge in [-0.05, 0) is 13.0 Å². The topological polar surface area (TPSA) is 83.5 Å². The van der Waals surface area contributed by atoms with Crippen LogP contribution in [0.4, 0.5) is 0 Å². The van der Waals surface area contributed by atoms with Crippen LogP contribution in [0, 0.1) is 0 Å². The minimum atomic E-state index is -2.51. The number of aliphatic hydroxyl groups is 1. The van der Waals surface area contributed by atoms with Crippen molar-refractivity contribution in [3.63, 3.8) is 0 Å². The molecule has 0 bridgehead atoms. The molecule has 0 heterocycles.